The first-order valence-electron chi connectivity index (χ1n) is 3.85. The van der Waals surface area contributed by atoms with Gasteiger partial charge in [-0.05, 0) is 19.4 Å². The molecule has 0 radical (unpaired) electrons. The molecule has 0 aromatic rings. The summed E-state index contributed by atoms with van der Waals surface area (Å²) in [5, 5.41) is 17.0. The van der Waals surface area contributed by atoms with Gasteiger partial charge in [0.1, 0.15) is 0 Å². The monoisotopic (exact) mass is 149 g/mol. The van der Waals surface area contributed by atoms with Crippen molar-refractivity contribution in [1.29, 1.82) is 10.5 Å². The summed E-state index contributed by atoms with van der Waals surface area (Å²) in [7, 11) is 0. The van der Waals surface area contributed by atoms with Crippen LogP contribution < -0.4 is 0 Å². The molecule has 58 valence electrons. The van der Waals surface area contributed by atoms with Crippen LogP contribution in [0.3, 0.4) is 0 Å². The predicted molar refractivity (Wildman–Crippen MR) is 40.4 cm³/mol. The van der Waals surface area contributed by atoms with Crippen LogP contribution >= 0.6 is 0 Å². The molecule has 3 nitrogen and oxygen atoms in total. The maximum Gasteiger partial charge on any atom is 0.0866 e. The van der Waals surface area contributed by atoms with Gasteiger partial charge >= 0.3 is 0 Å². The molecule has 1 aliphatic rings. The second-order valence-corrected chi connectivity index (χ2v) is 2.86. The van der Waals surface area contributed by atoms with Crippen molar-refractivity contribution in [2.75, 3.05) is 19.6 Å². The van der Waals surface area contributed by atoms with Gasteiger partial charge in [-0.15, -0.1) is 0 Å². The first kappa shape index (κ1) is 8.04. The van der Waals surface area contributed by atoms with Gasteiger partial charge in [-0.3, -0.25) is 4.90 Å². The van der Waals surface area contributed by atoms with Gasteiger partial charge < -0.3 is 0 Å². The van der Waals surface area contributed by atoms with Crippen molar-refractivity contribution in [2.24, 2.45) is 5.92 Å². The molecule has 0 spiro atoms. The first-order chi connectivity index (χ1) is 5.36. The molecule has 0 aromatic heterocycles. The number of nitriles is 2. The summed E-state index contributed by atoms with van der Waals surface area (Å²) in [5.74, 6) is 0.150. The minimum absolute atomic E-state index is 0.150. The van der Waals surface area contributed by atoms with E-state index in [4.69, 9.17) is 10.5 Å². The Bertz CT molecular complexity index is 198. The molecule has 0 saturated carbocycles. The van der Waals surface area contributed by atoms with E-state index < -0.39 is 0 Å². The normalized spacial score (nSPS) is 25.5. The van der Waals surface area contributed by atoms with Crippen molar-refractivity contribution < 1.29 is 0 Å². The zero-order valence-corrected chi connectivity index (χ0v) is 6.45. The smallest absolute Gasteiger partial charge is 0.0866 e. The fourth-order valence-corrected chi connectivity index (χ4v) is 1.40. The number of rotatable bonds is 1. The van der Waals surface area contributed by atoms with Crippen LogP contribution in [0.5, 0.6) is 0 Å². The van der Waals surface area contributed by atoms with Gasteiger partial charge in [0.05, 0.1) is 24.6 Å². The summed E-state index contributed by atoms with van der Waals surface area (Å²) in [6.07, 6.45) is 2.05. The van der Waals surface area contributed by atoms with Crippen LogP contribution in [-0.2, 0) is 0 Å². The Labute approximate surface area is 66.8 Å². The zero-order chi connectivity index (χ0) is 8.10. The topological polar surface area (TPSA) is 50.8 Å². The average Bonchev–Trinajstić information content (AvgIpc) is 2.06. The van der Waals surface area contributed by atoms with Crippen molar-refractivity contribution in [3.05, 3.63) is 0 Å². The van der Waals surface area contributed by atoms with E-state index in [0.717, 1.165) is 25.9 Å². The van der Waals surface area contributed by atoms with E-state index in [1.807, 2.05) is 4.90 Å². The van der Waals surface area contributed by atoms with Gasteiger partial charge in [0.2, 0.25) is 0 Å². The van der Waals surface area contributed by atoms with Crippen molar-refractivity contribution in [3.8, 4) is 12.1 Å². The third-order valence-corrected chi connectivity index (χ3v) is 1.98. The van der Waals surface area contributed by atoms with Crippen LogP contribution in [0.4, 0.5) is 0 Å². The Kier molecular flexibility index (Phi) is 2.89. The number of hydrogen-bond acceptors (Lipinski definition) is 3. The molecule has 0 aliphatic carbocycles. The van der Waals surface area contributed by atoms with Gasteiger partial charge in [0.25, 0.3) is 0 Å². The molecule has 1 saturated heterocycles. The van der Waals surface area contributed by atoms with Crippen LogP contribution in [0.1, 0.15) is 12.8 Å². The van der Waals surface area contributed by atoms with Gasteiger partial charge in [0.15, 0.2) is 0 Å². The first-order valence-corrected chi connectivity index (χ1v) is 3.85. The highest BCUT2D eigenvalue weighted by atomic mass is 15.1. The van der Waals surface area contributed by atoms with Crippen LogP contribution in [0.25, 0.3) is 0 Å². The van der Waals surface area contributed by atoms with E-state index in [1.54, 1.807) is 0 Å². The molecule has 1 unspecified atom stereocenters. The summed E-state index contributed by atoms with van der Waals surface area (Å²) in [4.78, 5) is 2.04. The molecule has 0 amide bonds. The van der Waals surface area contributed by atoms with Crippen LogP contribution in [0.15, 0.2) is 0 Å². The van der Waals surface area contributed by atoms with Gasteiger partial charge in [-0.2, -0.15) is 10.5 Å². The molecule has 1 heterocycles. The fourth-order valence-electron chi connectivity index (χ4n) is 1.40. The average molecular weight is 149 g/mol. The largest absolute Gasteiger partial charge is 0.289 e. The molecule has 11 heavy (non-hydrogen) atoms. The lowest BCUT2D eigenvalue weighted by Crippen LogP contribution is -2.34. The third kappa shape index (κ3) is 2.22. The summed E-state index contributed by atoms with van der Waals surface area (Å²) in [5.41, 5.74) is 0. The van der Waals surface area contributed by atoms with Crippen molar-refractivity contribution in [2.45, 2.75) is 12.8 Å². The van der Waals surface area contributed by atoms with E-state index in [-0.39, 0.29) is 5.92 Å². The lowest BCUT2D eigenvalue weighted by atomic mass is 10.00. The lowest BCUT2D eigenvalue weighted by Gasteiger charge is -2.26. The SMILES string of the molecule is N#CCN1CCCC(C#N)C1. The van der Waals surface area contributed by atoms with Crippen LogP contribution in [0.2, 0.25) is 0 Å². The van der Waals surface area contributed by atoms with E-state index in [2.05, 4.69) is 12.1 Å². The van der Waals surface area contributed by atoms with E-state index in [1.165, 1.54) is 0 Å². The second kappa shape index (κ2) is 3.95. The van der Waals surface area contributed by atoms with E-state index >= 15 is 0 Å². The lowest BCUT2D eigenvalue weighted by molar-refractivity contribution is 0.221. The highest BCUT2D eigenvalue weighted by Gasteiger charge is 2.18. The molecule has 1 fully saturated rings. The van der Waals surface area contributed by atoms with E-state index in [9.17, 15) is 0 Å². The maximum absolute atomic E-state index is 8.62. The highest BCUT2D eigenvalue weighted by molar-refractivity contribution is 4.90. The standard InChI is InChI=1S/C8H11N3/c9-3-5-11-4-1-2-8(6-10)7-11/h8H,1-2,4-5,7H2. The maximum atomic E-state index is 8.62. The summed E-state index contributed by atoms with van der Waals surface area (Å²) < 4.78 is 0. The molecular formula is C8H11N3. The fraction of sp³-hybridized carbons (Fsp3) is 0.750. The van der Waals surface area contributed by atoms with Gasteiger partial charge in [-0.25, -0.2) is 0 Å². The van der Waals surface area contributed by atoms with Crippen molar-refractivity contribution in [3.63, 3.8) is 0 Å². The van der Waals surface area contributed by atoms with E-state index in [0.29, 0.717) is 6.54 Å². The molecular weight excluding hydrogens is 138 g/mol. The van der Waals surface area contributed by atoms with Gasteiger partial charge in [0, 0.05) is 6.54 Å². The molecule has 1 rings (SSSR count). The van der Waals surface area contributed by atoms with Crippen molar-refractivity contribution >= 4 is 0 Å². The molecule has 1 aliphatic heterocycles. The van der Waals surface area contributed by atoms with Crippen LogP contribution in [0, 0.1) is 28.6 Å². The Hall–Kier alpha value is -1.06. The quantitative estimate of drug-likeness (QED) is 0.517. The Morgan fingerprint density at radius 3 is 2.91 bits per heavy atom. The molecule has 0 N–H and O–H groups in total. The number of piperidine rings is 1. The molecule has 0 bridgehead atoms. The minimum atomic E-state index is 0.150. The van der Waals surface area contributed by atoms with Gasteiger partial charge in [-0.1, -0.05) is 0 Å². The zero-order valence-electron chi connectivity index (χ0n) is 6.45. The predicted octanol–water partition coefficient (Wildman–Crippen LogP) is 0.746. The molecule has 0 aromatic carbocycles. The number of hydrogen-bond donors (Lipinski definition) is 0. The Morgan fingerprint density at radius 1 is 1.45 bits per heavy atom. The number of nitrogens with zero attached hydrogens (tertiary/aromatic N) is 3. The summed E-state index contributed by atoms with van der Waals surface area (Å²) in [6, 6.07) is 4.34. The highest BCUT2D eigenvalue weighted by Crippen LogP contribution is 2.14. The Morgan fingerprint density at radius 2 is 2.27 bits per heavy atom. The minimum Gasteiger partial charge on any atom is -0.289 e. The molecule has 1 atom stereocenters. The van der Waals surface area contributed by atoms with Crippen molar-refractivity contribution in [1.82, 2.24) is 4.90 Å². The molecule has 3 heteroatoms. The second-order valence-electron chi connectivity index (χ2n) is 2.86. The summed E-state index contributed by atoms with van der Waals surface area (Å²) >= 11 is 0. The number of likely N-dealkylation sites (tertiary alicyclic amines) is 1. The summed E-state index contributed by atoms with van der Waals surface area (Å²) in [6.45, 7) is 2.23. The third-order valence-electron chi connectivity index (χ3n) is 1.98. The van der Waals surface area contributed by atoms with Crippen LogP contribution in [-0.4, -0.2) is 24.5 Å². The Balaban J connectivity index is 2.36.